The van der Waals surface area contributed by atoms with Crippen LogP contribution in [0.5, 0.6) is 5.75 Å². The number of amides is 1. The zero-order valence-electron chi connectivity index (χ0n) is 21.7. The summed E-state index contributed by atoms with van der Waals surface area (Å²) in [5, 5.41) is 21.1. The van der Waals surface area contributed by atoms with E-state index in [9.17, 15) is 9.90 Å². The Labute approximate surface area is 220 Å². The Morgan fingerprint density at radius 3 is 2.63 bits per heavy atom. The Morgan fingerprint density at radius 2 is 1.97 bits per heavy atom. The number of aromatic nitrogens is 5. The summed E-state index contributed by atoms with van der Waals surface area (Å²) in [7, 11) is 5.53. The van der Waals surface area contributed by atoms with E-state index in [1.807, 2.05) is 31.4 Å². The van der Waals surface area contributed by atoms with Crippen LogP contribution in [0.3, 0.4) is 0 Å². The maximum absolute atomic E-state index is 12.3. The highest BCUT2D eigenvalue weighted by Crippen LogP contribution is 2.39. The van der Waals surface area contributed by atoms with Crippen LogP contribution in [0.15, 0.2) is 49.4 Å². The van der Waals surface area contributed by atoms with Crippen LogP contribution >= 0.6 is 0 Å². The molecule has 3 aromatic heterocycles. The Balaban J connectivity index is 1.59. The number of anilines is 4. The number of nitrogens with zero attached hydrogens (tertiary/aromatic N) is 7. The molecule has 198 valence electrons. The number of hydrogen-bond donors (Lipinski definition) is 3. The average Bonchev–Trinajstić information content (AvgIpc) is 3.54. The normalized spacial score (nSPS) is 14.1. The summed E-state index contributed by atoms with van der Waals surface area (Å²) >= 11 is 0. The van der Waals surface area contributed by atoms with Gasteiger partial charge in [-0.15, -0.1) is 0 Å². The number of aryl methyl sites for hydroxylation is 1. The zero-order chi connectivity index (χ0) is 26.8. The molecule has 1 amide bonds. The van der Waals surface area contributed by atoms with Crippen LogP contribution < -0.4 is 20.3 Å². The molecule has 0 atom stereocenters. The molecule has 1 fully saturated rings. The second-order valence-electron chi connectivity index (χ2n) is 9.14. The Bertz CT molecular complexity index is 1480. The summed E-state index contributed by atoms with van der Waals surface area (Å²) in [5.74, 6) is 0.560. The Hall–Kier alpha value is -4.42. The van der Waals surface area contributed by atoms with E-state index in [0.29, 0.717) is 34.4 Å². The fraction of sp³-hybridized carbons (Fsp3) is 0.308. The van der Waals surface area contributed by atoms with Gasteiger partial charge in [-0.2, -0.15) is 10.1 Å². The molecule has 3 N–H and O–H groups in total. The predicted molar refractivity (Wildman–Crippen MR) is 147 cm³/mol. The van der Waals surface area contributed by atoms with Gasteiger partial charge in [-0.3, -0.25) is 9.48 Å². The lowest BCUT2D eigenvalue weighted by Gasteiger charge is -2.35. The molecular weight excluding hydrogens is 486 g/mol. The molecule has 0 unspecified atom stereocenters. The number of methoxy groups -OCH3 is 1. The number of likely N-dealkylation sites (N-methyl/N-ethyl adjacent to an activating group) is 1. The van der Waals surface area contributed by atoms with Gasteiger partial charge in [0.05, 0.1) is 36.1 Å². The standard InChI is InChI=1S/C26H31N9O3/c1-5-23(37)28-19-12-20(22(38-4)13-21(19)34-10-8-32(2)9-11-34)29-26-30-24(17-14-27-33(3)15-17)18-6-7-35(16-36)25(18)31-26/h5-7,12-15,36H,1,8-11,16H2,2-4H3,(H,28,37)(H,29,30,31). The highest BCUT2D eigenvalue weighted by atomic mass is 16.5. The van der Waals surface area contributed by atoms with Crippen LogP contribution in [0, 0.1) is 0 Å². The van der Waals surface area contributed by atoms with Gasteiger partial charge in [0, 0.05) is 62.6 Å². The van der Waals surface area contributed by atoms with E-state index in [1.165, 1.54) is 6.08 Å². The number of aliphatic hydroxyl groups is 1. The molecule has 0 radical (unpaired) electrons. The second kappa shape index (κ2) is 10.5. The molecule has 4 heterocycles. The van der Waals surface area contributed by atoms with Crippen molar-refractivity contribution in [2.24, 2.45) is 7.05 Å². The van der Waals surface area contributed by atoms with Crippen LogP contribution in [0.4, 0.5) is 23.0 Å². The van der Waals surface area contributed by atoms with E-state index in [1.54, 1.807) is 28.8 Å². The van der Waals surface area contributed by atoms with Gasteiger partial charge in [-0.1, -0.05) is 6.58 Å². The van der Waals surface area contributed by atoms with Gasteiger partial charge < -0.3 is 34.8 Å². The lowest BCUT2D eigenvalue weighted by molar-refractivity contribution is -0.111. The number of hydrogen-bond acceptors (Lipinski definition) is 9. The zero-order valence-corrected chi connectivity index (χ0v) is 21.7. The van der Waals surface area contributed by atoms with Gasteiger partial charge in [0.1, 0.15) is 18.1 Å². The van der Waals surface area contributed by atoms with Crippen molar-refractivity contribution in [2.45, 2.75) is 6.73 Å². The quantitative estimate of drug-likeness (QED) is 0.302. The Kier molecular flexibility index (Phi) is 6.99. The average molecular weight is 518 g/mol. The molecule has 12 nitrogen and oxygen atoms in total. The minimum atomic E-state index is -0.311. The summed E-state index contributed by atoms with van der Waals surface area (Å²) in [6, 6.07) is 5.59. The number of aliphatic hydroxyl groups excluding tert-OH is 1. The number of carbonyl (C=O) groups excluding carboxylic acids is 1. The first-order valence-corrected chi connectivity index (χ1v) is 12.2. The van der Waals surface area contributed by atoms with E-state index >= 15 is 0 Å². The van der Waals surface area contributed by atoms with Crippen LogP contribution in [-0.4, -0.2) is 80.6 Å². The van der Waals surface area contributed by atoms with Gasteiger partial charge in [0.15, 0.2) is 0 Å². The van der Waals surface area contributed by atoms with Crippen molar-refractivity contribution in [3.05, 3.63) is 49.4 Å². The van der Waals surface area contributed by atoms with Crippen LogP contribution in [0.1, 0.15) is 0 Å². The fourth-order valence-corrected chi connectivity index (χ4v) is 4.55. The SMILES string of the molecule is C=CC(=O)Nc1cc(Nc2nc(-c3cnn(C)c3)c3ccn(CO)c3n2)c(OC)cc1N1CCN(C)CC1. The number of nitrogens with one attached hydrogen (secondary N) is 2. The van der Waals surface area contributed by atoms with Crippen molar-refractivity contribution in [3.8, 4) is 17.0 Å². The number of fused-ring (bicyclic) bond motifs is 1. The van der Waals surface area contributed by atoms with Crippen LogP contribution in [-0.2, 0) is 18.6 Å². The van der Waals surface area contributed by atoms with Crippen molar-refractivity contribution < 1.29 is 14.6 Å². The number of piperazine rings is 1. The third-order valence-corrected chi connectivity index (χ3v) is 6.60. The first-order valence-electron chi connectivity index (χ1n) is 12.2. The first-order chi connectivity index (χ1) is 18.4. The lowest BCUT2D eigenvalue weighted by atomic mass is 10.1. The van der Waals surface area contributed by atoms with E-state index in [0.717, 1.165) is 42.8 Å². The number of benzene rings is 1. The smallest absolute Gasteiger partial charge is 0.247 e. The molecule has 5 rings (SSSR count). The third-order valence-electron chi connectivity index (χ3n) is 6.60. The molecular formula is C26H31N9O3. The number of rotatable bonds is 8. The molecule has 1 aliphatic heterocycles. The maximum Gasteiger partial charge on any atom is 0.247 e. The first kappa shape index (κ1) is 25.2. The highest BCUT2D eigenvalue weighted by molar-refractivity contribution is 6.02. The summed E-state index contributed by atoms with van der Waals surface area (Å²) < 4.78 is 9.08. The molecule has 12 heteroatoms. The molecule has 0 spiro atoms. The van der Waals surface area contributed by atoms with Gasteiger partial charge in [-0.25, -0.2) is 4.98 Å². The molecule has 1 aromatic carbocycles. The summed E-state index contributed by atoms with van der Waals surface area (Å²) in [5.41, 5.74) is 4.11. The largest absolute Gasteiger partial charge is 0.494 e. The van der Waals surface area contributed by atoms with E-state index in [4.69, 9.17) is 9.72 Å². The van der Waals surface area contributed by atoms with E-state index < -0.39 is 0 Å². The predicted octanol–water partition coefficient (Wildman–Crippen LogP) is 2.41. The topological polar surface area (TPSA) is 126 Å². The molecule has 4 aromatic rings. The molecule has 38 heavy (non-hydrogen) atoms. The fourth-order valence-electron chi connectivity index (χ4n) is 4.55. The highest BCUT2D eigenvalue weighted by Gasteiger charge is 2.22. The van der Waals surface area contributed by atoms with Crippen molar-refractivity contribution in [1.82, 2.24) is 29.2 Å². The van der Waals surface area contributed by atoms with Crippen molar-refractivity contribution >= 4 is 40.0 Å². The third kappa shape index (κ3) is 4.91. The number of ether oxygens (including phenoxy) is 1. The van der Waals surface area contributed by atoms with Crippen molar-refractivity contribution in [3.63, 3.8) is 0 Å². The monoisotopic (exact) mass is 517 g/mol. The van der Waals surface area contributed by atoms with Crippen molar-refractivity contribution in [2.75, 3.05) is 55.9 Å². The second-order valence-corrected chi connectivity index (χ2v) is 9.14. The summed E-state index contributed by atoms with van der Waals surface area (Å²) in [6.45, 7) is 6.81. The van der Waals surface area contributed by atoms with Crippen LogP contribution in [0.25, 0.3) is 22.3 Å². The molecule has 0 bridgehead atoms. The lowest BCUT2D eigenvalue weighted by Crippen LogP contribution is -2.44. The van der Waals surface area contributed by atoms with Gasteiger partial charge >= 0.3 is 0 Å². The number of carbonyl (C=O) groups is 1. The molecule has 0 saturated carbocycles. The van der Waals surface area contributed by atoms with Crippen LogP contribution in [0.2, 0.25) is 0 Å². The van der Waals surface area contributed by atoms with Gasteiger partial charge in [0.2, 0.25) is 11.9 Å². The summed E-state index contributed by atoms with van der Waals surface area (Å²) in [6.07, 6.45) is 6.61. The van der Waals surface area contributed by atoms with E-state index in [2.05, 4.69) is 44.1 Å². The molecule has 0 aliphatic carbocycles. The maximum atomic E-state index is 12.3. The van der Waals surface area contributed by atoms with Crippen molar-refractivity contribution in [1.29, 1.82) is 0 Å². The minimum absolute atomic E-state index is 0.229. The molecule has 1 saturated heterocycles. The minimum Gasteiger partial charge on any atom is -0.494 e. The van der Waals surface area contributed by atoms with Gasteiger partial charge in [0.25, 0.3) is 0 Å². The van der Waals surface area contributed by atoms with E-state index in [-0.39, 0.29) is 12.6 Å². The van der Waals surface area contributed by atoms with Gasteiger partial charge in [-0.05, 0) is 25.3 Å². The Morgan fingerprint density at radius 1 is 1.18 bits per heavy atom. The summed E-state index contributed by atoms with van der Waals surface area (Å²) in [4.78, 5) is 26.3. The molecule has 1 aliphatic rings.